The number of hydrogen-bond donors (Lipinski definition) is 2. The molecule has 24 heavy (non-hydrogen) atoms. The van der Waals surface area contributed by atoms with Gasteiger partial charge in [-0.3, -0.25) is 4.57 Å². The normalized spacial score (nSPS) is 14.5. The first-order valence-electron chi connectivity index (χ1n) is 6.89. The van der Waals surface area contributed by atoms with Crippen LogP contribution >= 0.6 is 27.0 Å². The second-order valence-electron chi connectivity index (χ2n) is 4.95. The van der Waals surface area contributed by atoms with E-state index in [-0.39, 0.29) is 13.0 Å². The molecule has 1 unspecified atom stereocenters. The molecule has 1 aromatic carbocycles. The highest BCUT2D eigenvalue weighted by Gasteiger charge is 2.24. The molecule has 0 fully saturated rings. The summed E-state index contributed by atoms with van der Waals surface area (Å²) in [6.07, 6.45) is 0.287. The molecule has 0 saturated heterocycles. The van der Waals surface area contributed by atoms with Crippen LogP contribution in [0.4, 0.5) is 0 Å². The first kappa shape index (κ1) is 19.4. The van der Waals surface area contributed by atoms with E-state index in [1.165, 1.54) is 11.3 Å². The fraction of sp³-hybridized carbons (Fsp3) is 0.308. The maximum Gasteiger partial charge on any atom is 0.476 e. The van der Waals surface area contributed by atoms with Gasteiger partial charge in [0.1, 0.15) is 0 Å². The van der Waals surface area contributed by atoms with E-state index < -0.39 is 15.6 Å². The molecule has 2 N–H and O–H groups in total. The van der Waals surface area contributed by atoms with Gasteiger partial charge in [0.25, 0.3) is 7.82 Å². The fourth-order valence-corrected chi connectivity index (χ4v) is 4.55. The van der Waals surface area contributed by atoms with Crippen LogP contribution in [0.25, 0.3) is 0 Å². The SMILES string of the molecule is Cc1c(CCOP(=O)([O-])OP(=O)(O)O)sc[n+]1Cc1ccccc1. The summed E-state index contributed by atoms with van der Waals surface area (Å²) in [6.45, 7) is 2.36. The first-order chi connectivity index (χ1) is 11.2. The van der Waals surface area contributed by atoms with Crippen LogP contribution < -0.4 is 9.46 Å². The molecule has 132 valence electrons. The zero-order valence-electron chi connectivity index (χ0n) is 12.8. The molecular weight excluding hydrogens is 376 g/mol. The predicted molar refractivity (Wildman–Crippen MR) is 85.2 cm³/mol. The molecular formula is C13H17NO7P2S. The predicted octanol–water partition coefficient (Wildman–Crippen LogP) is 1.53. The van der Waals surface area contributed by atoms with Crippen LogP contribution in [-0.2, 0) is 30.9 Å². The highest BCUT2D eigenvalue weighted by Crippen LogP contribution is 2.54. The summed E-state index contributed by atoms with van der Waals surface area (Å²) in [5.41, 5.74) is 4.05. The van der Waals surface area contributed by atoms with Crippen LogP contribution in [-0.4, -0.2) is 16.4 Å². The summed E-state index contributed by atoms with van der Waals surface area (Å²) < 4.78 is 31.9. The summed E-state index contributed by atoms with van der Waals surface area (Å²) in [7, 11) is -10.2. The molecule has 0 aliphatic heterocycles. The number of thiazole rings is 1. The van der Waals surface area contributed by atoms with Crippen molar-refractivity contribution in [3.05, 3.63) is 52.0 Å². The zero-order chi connectivity index (χ0) is 17.8. The topological polar surface area (TPSA) is 120 Å². The van der Waals surface area contributed by atoms with Gasteiger partial charge in [0.15, 0.2) is 12.2 Å². The molecule has 2 aromatic rings. The average Bonchev–Trinajstić information content (AvgIpc) is 2.79. The van der Waals surface area contributed by atoms with Gasteiger partial charge in [0, 0.05) is 18.9 Å². The fourth-order valence-electron chi connectivity index (χ4n) is 2.03. The largest absolute Gasteiger partial charge is 0.756 e. The third kappa shape index (κ3) is 6.20. The Labute approximate surface area is 143 Å². The summed E-state index contributed by atoms with van der Waals surface area (Å²) in [4.78, 5) is 29.2. The Bertz CT molecular complexity index is 774. The van der Waals surface area contributed by atoms with Crippen molar-refractivity contribution >= 4 is 27.0 Å². The minimum Gasteiger partial charge on any atom is -0.756 e. The van der Waals surface area contributed by atoms with Crippen molar-refractivity contribution in [1.82, 2.24) is 0 Å². The number of phosphoric ester groups is 1. The number of rotatable bonds is 8. The lowest BCUT2D eigenvalue weighted by atomic mass is 10.2. The van der Waals surface area contributed by atoms with Crippen LogP contribution in [0.5, 0.6) is 0 Å². The summed E-state index contributed by atoms with van der Waals surface area (Å²) >= 11 is 1.46. The Morgan fingerprint density at radius 1 is 1.25 bits per heavy atom. The van der Waals surface area contributed by atoms with Gasteiger partial charge in [-0.15, -0.1) is 0 Å². The van der Waals surface area contributed by atoms with Gasteiger partial charge in [-0.25, -0.2) is 8.88 Å². The van der Waals surface area contributed by atoms with Crippen molar-refractivity contribution < 1.29 is 37.2 Å². The lowest BCUT2D eigenvalue weighted by Gasteiger charge is -2.22. The van der Waals surface area contributed by atoms with Crippen LogP contribution in [0, 0.1) is 6.92 Å². The molecule has 11 heteroatoms. The van der Waals surface area contributed by atoms with Gasteiger partial charge in [-0.1, -0.05) is 41.7 Å². The molecule has 0 aliphatic carbocycles. The second-order valence-corrected chi connectivity index (χ2v) is 8.67. The van der Waals surface area contributed by atoms with E-state index in [0.717, 1.165) is 16.1 Å². The maximum absolute atomic E-state index is 11.3. The third-order valence-electron chi connectivity index (χ3n) is 3.14. The van der Waals surface area contributed by atoms with Gasteiger partial charge in [-0.05, 0) is 0 Å². The highest BCUT2D eigenvalue weighted by molar-refractivity contribution is 7.60. The number of aromatic nitrogens is 1. The summed E-state index contributed by atoms with van der Waals surface area (Å²) in [6, 6.07) is 9.89. The molecule has 1 heterocycles. The van der Waals surface area contributed by atoms with Crippen molar-refractivity contribution in [3.63, 3.8) is 0 Å². The van der Waals surface area contributed by atoms with Crippen molar-refractivity contribution in [3.8, 4) is 0 Å². The Morgan fingerprint density at radius 2 is 1.92 bits per heavy atom. The Kier molecular flexibility index (Phi) is 6.47. The molecule has 0 amide bonds. The number of hydrogen-bond acceptors (Lipinski definition) is 6. The minimum atomic E-state index is -5.15. The molecule has 0 spiro atoms. The van der Waals surface area contributed by atoms with Crippen molar-refractivity contribution in [1.29, 1.82) is 0 Å². The van der Waals surface area contributed by atoms with Crippen LogP contribution in [0.15, 0.2) is 35.8 Å². The molecule has 0 saturated carbocycles. The van der Waals surface area contributed by atoms with Gasteiger partial charge < -0.3 is 19.2 Å². The quantitative estimate of drug-likeness (QED) is 0.515. The molecule has 0 bridgehead atoms. The highest BCUT2D eigenvalue weighted by atomic mass is 32.1. The van der Waals surface area contributed by atoms with E-state index >= 15 is 0 Å². The smallest absolute Gasteiger partial charge is 0.476 e. The van der Waals surface area contributed by atoms with Crippen molar-refractivity contribution in [2.24, 2.45) is 0 Å². The lowest BCUT2D eigenvalue weighted by Crippen LogP contribution is -2.35. The first-order valence-corrected chi connectivity index (χ1v) is 10.8. The maximum atomic E-state index is 11.3. The standard InChI is InChI=1S/C13H17NO7P2S/c1-11-13(7-8-20-23(18,19)21-22(15,16)17)24-10-14(11)9-12-5-3-2-4-6-12/h2-6,10H,7-9H2,1H3,(H2-,15,16,17,18,19). The van der Waals surface area contributed by atoms with Gasteiger partial charge in [0.05, 0.1) is 11.5 Å². The molecule has 0 aliphatic rings. The number of nitrogens with zero attached hydrogens (tertiary/aromatic N) is 1. The van der Waals surface area contributed by atoms with Crippen molar-refractivity contribution in [2.45, 2.75) is 19.9 Å². The Hall–Kier alpha value is -0.890. The zero-order valence-corrected chi connectivity index (χ0v) is 15.4. The summed E-state index contributed by atoms with van der Waals surface area (Å²) in [5, 5.41) is 0. The van der Waals surface area contributed by atoms with Gasteiger partial charge in [0.2, 0.25) is 5.51 Å². The lowest BCUT2D eigenvalue weighted by molar-refractivity contribution is -0.689. The molecule has 1 aromatic heterocycles. The van der Waals surface area contributed by atoms with E-state index in [2.05, 4.69) is 8.83 Å². The van der Waals surface area contributed by atoms with Crippen LogP contribution in [0.1, 0.15) is 16.1 Å². The van der Waals surface area contributed by atoms with Crippen LogP contribution in [0.3, 0.4) is 0 Å². The molecule has 1 atom stereocenters. The van der Waals surface area contributed by atoms with E-state index in [0.29, 0.717) is 6.54 Å². The number of phosphoric acid groups is 2. The Morgan fingerprint density at radius 3 is 2.54 bits per heavy atom. The van der Waals surface area contributed by atoms with Gasteiger partial charge >= 0.3 is 7.82 Å². The number of benzene rings is 1. The summed E-state index contributed by atoms with van der Waals surface area (Å²) in [5.74, 6) is 0. The molecule has 0 radical (unpaired) electrons. The van der Waals surface area contributed by atoms with Gasteiger partial charge in [-0.2, -0.15) is 4.57 Å². The van der Waals surface area contributed by atoms with Crippen LogP contribution in [0.2, 0.25) is 0 Å². The van der Waals surface area contributed by atoms with E-state index in [1.54, 1.807) is 0 Å². The molecule has 8 nitrogen and oxygen atoms in total. The second kappa shape index (κ2) is 7.99. The third-order valence-corrected chi connectivity index (χ3v) is 6.43. The minimum absolute atomic E-state index is 0.256. The van der Waals surface area contributed by atoms with E-state index in [9.17, 15) is 14.0 Å². The Balaban J connectivity index is 1.92. The van der Waals surface area contributed by atoms with E-state index in [4.69, 9.17) is 9.79 Å². The van der Waals surface area contributed by atoms with E-state index in [1.807, 2.05) is 47.3 Å². The monoisotopic (exact) mass is 393 g/mol. The molecule has 2 rings (SSSR count). The average molecular weight is 393 g/mol. The van der Waals surface area contributed by atoms with Crippen molar-refractivity contribution in [2.75, 3.05) is 6.61 Å².